The second kappa shape index (κ2) is 9.92. The average molecular weight is 467 g/mol. The molecular weight excluding hydrogens is 447 g/mol. The Morgan fingerprint density at radius 2 is 2.06 bits per heavy atom. The summed E-state index contributed by atoms with van der Waals surface area (Å²) in [6, 6.07) is 4.84. The molecule has 1 aliphatic rings. The summed E-state index contributed by atoms with van der Waals surface area (Å²) in [4.78, 5) is 35.5. The first-order chi connectivity index (χ1) is 15.2. The summed E-state index contributed by atoms with van der Waals surface area (Å²) >= 11 is 5.99. The predicted octanol–water partition coefficient (Wildman–Crippen LogP) is 3.75. The molecule has 2 aromatic carbocycles. The van der Waals surface area contributed by atoms with E-state index < -0.39 is 28.7 Å². The maximum Gasteiger partial charge on any atom is 0.329 e. The molecule has 1 N–H and O–H groups in total. The van der Waals surface area contributed by atoms with Crippen LogP contribution in [0.3, 0.4) is 0 Å². The molecule has 0 saturated heterocycles. The molecule has 0 aromatic heterocycles. The largest absolute Gasteiger partial charge is 0.467 e. The van der Waals surface area contributed by atoms with E-state index in [1.54, 1.807) is 13.8 Å². The number of halogens is 2. The highest BCUT2D eigenvalue weighted by Gasteiger charge is 2.28. The first-order valence-electron chi connectivity index (χ1n) is 9.60. The molecule has 0 bridgehead atoms. The van der Waals surface area contributed by atoms with Gasteiger partial charge in [0, 0.05) is 23.3 Å². The highest BCUT2D eigenvalue weighted by Crippen LogP contribution is 2.30. The molecule has 0 spiro atoms. The van der Waals surface area contributed by atoms with Crippen LogP contribution in [-0.4, -0.2) is 29.6 Å². The van der Waals surface area contributed by atoms with Crippen LogP contribution in [0.1, 0.15) is 35.3 Å². The Bertz CT molecular complexity index is 1060. The van der Waals surface area contributed by atoms with Gasteiger partial charge in [-0.2, -0.15) is 0 Å². The zero-order valence-electron chi connectivity index (χ0n) is 17.2. The molecule has 0 fully saturated rings. The van der Waals surface area contributed by atoms with E-state index in [1.807, 2.05) is 0 Å². The number of hydrogen-bond acceptors (Lipinski definition) is 7. The lowest BCUT2D eigenvalue weighted by atomic mass is 10.0. The molecule has 0 radical (unpaired) electrons. The molecular formula is C21H20ClFN2O7. The minimum absolute atomic E-state index is 0.000250. The number of benzene rings is 2. The fraction of sp³-hybridized carbons (Fsp3) is 0.333. The summed E-state index contributed by atoms with van der Waals surface area (Å²) in [5.41, 5.74) is 0.549. The van der Waals surface area contributed by atoms with Crippen LogP contribution in [0.5, 0.6) is 5.75 Å². The Morgan fingerprint density at radius 1 is 1.31 bits per heavy atom. The standard InChI is InChI=1S/C21H20ClFN2O7/c1-11(2)18(24-20(26)16-4-3-15(25(28)29)7-17(16)22)21(27)31-9-13-6-14(23)5-12-8-30-10-32-19(12)13/h3-7,11,18H,8-10H2,1-2H3,(H,24,26)/t18-/m0/s1. The molecule has 2 aromatic rings. The summed E-state index contributed by atoms with van der Waals surface area (Å²) in [7, 11) is 0. The third-order valence-electron chi connectivity index (χ3n) is 4.74. The summed E-state index contributed by atoms with van der Waals surface area (Å²) < 4.78 is 29.7. The summed E-state index contributed by atoms with van der Waals surface area (Å²) in [6.45, 7) is 3.31. The Kier molecular flexibility index (Phi) is 7.26. The van der Waals surface area contributed by atoms with Crippen LogP contribution in [-0.2, 0) is 27.5 Å². The van der Waals surface area contributed by atoms with Gasteiger partial charge < -0.3 is 19.5 Å². The van der Waals surface area contributed by atoms with Crippen molar-refractivity contribution >= 4 is 29.2 Å². The minimum Gasteiger partial charge on any atom is -0.467 e. The Hall–Kier alpha value is -3.24. The Labute approximate surface area is 187 Å². The van der Waals surface area contributed by atoms with Gasteiger partial charge in [-0.3, -0.25) is 14.9 Å². The number of nitrogens with zero attached hydrogens (tertiary/aromatic N) is 1. The van der Waals surface area contributed by atoms with Crippen molar-refractivity contribution < 1.29 is 33.1 Å². The number of non-ortho nitro benzene ring substituents is 1. The van der Waals surface area contributed by atoms with Gasteiger partial charge in [0.25, 0.3) is 11.6 Å². The van der Waals surface area contributed by atoms with E-state index in [0.29, 0.717) is 16.9 Å². The van der Waals surface area contributed by atoms with Crippen molar-refractivity contribution in [1.82, 2.24) is 5.32 Å². The fourth-order valence-corrected chi connectivity index (χ4v) is 3.38. The quantitative estimate of drug-likeness (QED) is 0.375. The minimum atomic E-state index is -1.04. The van der Waals surface area contributed by atoms with Crippen molar-refractivity contribution in [3.63, 3.8) is 0 Å². The first kappa shape index (κ1) is 23.4. The number of ether oxygens (including phenoxy) is 3. The number of esters is 1. The smallest absolute Gasteiger partial charge is 0.329 e. The number of carbonyl (C=O) groups excluding carboxylic acids is 2. The number of carbonyl (C=O) groups is 2. The number of amides is 1. The van der Waals surface area contributed by atoms with Gasteiger partial charge in [-0.05, 0) is 24.1 Å². The van der Waals surface area contributed by atoms with Crippen LogP contribution in [0.15, 0.2) is 30.3 Å². The van der Waals surface area contributed by atoms with Gasteiger partial charge in [-0.1, -0.05) is 25.4 Å². The van der Waals surface area contributed by atoms with E-state index in [9.17, 15) is 24.1 Å². The molecule has 11 heteroatoms. The van der Waals surface area contributed by atoms with Crippen molar-refractivity contribution in [3.8, 4) is 5.75 Å². The Morgan fingerprint density at radius 3 is 2.72 bits per heavy atom. The zero-order valence-corrected chi connectivity index (χ0v) is 18.0. The average Bonchev–Trinajstić information content (AvgIpc) is 2.74. The predicted molar refractivity (Wildman–Crippen MR) is 111 cm³/mol. The number of nitro benzene ring substituents is 1. The highest BCUT2D eigenvalue weighted by atomic mass is 35.5. The molecule has 1 aliphatic heterocycles. The van der Waals surface area contributed by atoms with Crippen molar-refractivity contribution in [1.29, 1.82) is 0 Å². The molecule has 0 saturated carbocycles. The van der Waals surface area contributed by atoms with Gasteiger partial charge in [0.05, 0.1) is 22.1 Å². The molecule has 32 heavy (non-hydrogen) atoms. The zero-order chi connectivity index (χ0) is 23.4. The van der Waals surface area contributed by atoms with Crippen LogP contribution in [0.4, 0.5) is 10.1 Å². The molecule has 9 nitrogen and oxygen atoms in total. The van der Waals surface area contributed by atoms with Gasteiger partial charge >= 0.3 is 5.97 Å². The molecule has 1 atom stereocenters. The number of nitrogens with one attached hydrogen (secondary N) is 1. The van der Waals surface area contributed by atoms with Crippen LogP contribution in [0.25, 0.3) is 0 Å². The van der Waals surface area contributed by atoms with Crippen molar-refractivity contribution in [2.24, 2.45) is 5.92 Å². The van der Waals surface area contributed by atoms with E-state index in [0.717, 1.165) is 12.1 Å². The molecule has 1 heterocycles. The third-order valence-corrected chi connectivity index (χ3v) is 5.05. The first-order valence-corrected chi connectivity index (χ1v) is 9.98. The lowest BCUT2D eigenvalue weighted by Crippen LogP contribution is -2.45. The monoisotopic (exact) mass is 466 g/mol. The second-order valence-electron chi connectivity index (χ2n) is 7.39. The number of hydrogen-bond donors (Lipinski definition) is 1. The third kappa shape index (κ3) is 5.32. The SMILES string of the molecule is CC(C)[C@H](NC(=O)c1ccc([N+](=O)[O-])cc1Cl)C(=O)OCc1cc(F)cc2c1OCOC2. The lowest BCUT2D eigenvalue weighted by molar-refractivity contribution is -0.384. The van der Waals surface area contributed by atoms with Crippen LogP contribution in [0, 0.1) is 21.8 Å². The summed E-state index contributed by atoms with van der Waals surface area (Å²) in [5, 5.41) is 13.2. The van der Waals surface area contributed by atoms with Crippen LogP contribution >= 0.6 is 11.6 Å². The summed E-state index contributed by atoms with van der Waals surface area (Å²) in [5.74, 6) is -1.91. The van der Waals surface area contributed by atoms with Gasteiger partial charge in [0.2, 0.25) is 0 Å². The van der Waals surface area contributed by atoms with E-state index in [-0.39, 0.29) is 42.2 Å². The topological polar surface area (TPSA) is 117 Å². The maximum absolute atomic E-state index is 13.9. The van der Waals surface area contributed by atoms with Crippen LogP contribution in [0.2, 0.25) is 5.02 Å². The second-order valence-corrected chi connectivity index (χ2v) is 7.80. The number of fused-ring (bicyclic) bond motifs is 1. The molecule has 3 rings (SSSR count). The number of rotatable bonds is 7. The van der Waals surface area contributed by atoms with Gasteiger partial charge in [-0.15, -0.1) is 0 Å². The van der Waals surface area contributed by atoms with E-state index in [4.69, 9.17) is 25.8 Å². The molecule has 170 valence electrons. The lowest BCUT2D eigenvalue weighted by Gasteiger charge is -2.23. The Balaban J connectivity index is 1.71. The normalized spacial score (nSPS) is 13.7. The van der Waals surface area contributed by atoms with E-state index in [1.165, 1.54) is 18.2 Å². The molecule has 1 amide bonds. The van der Waals surface area contributed by atoms with Gasteiger partial charge in [-0.25, -0.2) is 9.18 Å². The molecule has 0 unspecified atom stereocenters. The van der Waals surface area contributed by atoms with E-state index in [2.05, 4.69) is 5.32 Å². The summed E-state index contributed by atoms with van der Waals surface area (Å²) in [6.07, 6.45) is 0. The van der Waals surface area contributed by atoms with Crippen molar-refractivity contribution in [2.45, 2.75) is 33.1 Å². The fourth-order valence-electron chi connectivity index (χ4n) is 3.12. The van der Waals surface area contributed by atoms with E-state index >= 15 is 0 Å². The maximum atomic E-state index is 13.9. The van der Waals surface area contributed by atoms with Crippen molar-refractivity contribution in [3.05, 3.63) is 68.0 Å². The van der Waals surface area contributed by atoms with Crippen LogP contribution < -0.4 is 10.1 Å². The van der Waals surface area contributed by atoms with Crippen molar-refractivity contribution in [2.75, 3.05) is 6.79 Å². The highest BCUT2D eigenvalue weighted by molar-refractivity contribution is 6.34. The molecule has 0 aliphatic carbocycles. The number of nitro groups is 1. The van der Waals surface area contributed by atoms with Gasteiger partial charge in [0.15, 0.2) is 6.79 Å². The van der Waals surface area contributed by atoms with Gasteiger partial charge in [0.1, 0.15) is 24.2 Å².